The number of fused-ring (bicyclic) bond motifs is 3. The first-order valence-corrected chi connectivity index (χ1v) is 6.09. The summed E-state index contributed by atoms with van der Waals surface area (Å²) in [6.07, 6.45) is 0. The van der Waals surface area contributed by atoms with Gasteiger partial charge in [-0.1, -0.05) is 46.9 Å². The molecule has 0 amide bonds. The zero-order valence-corrected chi connectivity index (χ0v) is 10.8. The molecule has 0 atom stereocenters. The normalized spacial score (nSPS) is 11.2. The maximum absolute atomic E-state index is 6.25. The van der Waals surface area contributed by atoms with Crippen molar-refractivity contribution in [3.05, 3.63) is 57.5 Å². The van der Waals surface area contributed by atoms with Gasteiger partial charge in [-0.25, -0.2) is 0 Å². The molecular formula is C14H5Cl3. The van der Waals surface area contributed by atoms with Gasteiger partial charge in [-0.15, -0.1) is 0 Å². The van der Waals surface area contributed by atoms with Gasteiger partial charge in [0.05, 0.1) is 10.0 Å². The fraction of sp³-hybridized carbons (Fsp3) is 0. The van der Waals surface area contributed by atoms with Crippen LogP contribution < -0.4 is 0 Å². The minimum Gasteiger partial charge on any atom is -0.0836 e. The largest absolute Gasteiger partial charge is 0.0836 e. The van der Waals surface area contributed by atoms with Crippen LogP contribution in [0.25, 0.3) is 21.5 Å². The Morgan fingerprint density at radius 1 is 0.824 bits per heavy atom. The molecule has 3 aromatic carbocycles. The van der Waals surface area contributed by atoms with Crippen molar-refractivity contribution in [2.45, 2.75) is 0 Å². The maximum Gasteiger partial charge on any atom is 0.0677 e. The first kappa shape index (κ1) is 11.2. The fourth-order valence-corrected chi connectivity index (χ4v) is 2.63. The average Bonchev–Trinajstić information content (AvgIpc) is 2.36. The summed E-state index contributed by atoms with van der Waals surface area (Å²) in [7, 11) is 0. The van der Waals surface area contributed by atoms with Crippen LogP contribution in [-0.2, 0) is 0 Å². The molecule has 3 aromatic rings. The lowest BCUT2D eigenvalue weighted by Crippen LogP contribution is -1.82. The van der Waals surface area contributed by atoms with E-state index in [0.717, 1.165) is 21.5 Å². The van der Waals surface area contributed by atoms with Crippen LogP contribution in [0.1, 0.15) is 0 Å². The number of halogens is 3. The van der Waals surface area contributed by atoms with Crippen molar-refractivity contribution in [3.8, 4) is 0 Å². The molecule has 0 aliphatic rings. The highest BCUT2D eigenvalue weighted by molar-refractivity contribution is 6.49. The molecule has 0 aromatic heterocycles. The molecule has 2 radical (unpaired) electrons. The lowest BCUT2D eigenvalue weighted by molar-refractivity contribution is 1.74. The highest BCUT2D eigenvalue weighted by atomic mass is 35.5. The third-order valence-electron chi connectivity index (χ3n) is 2.74. The van der Waals surface area contributed by atoms with Gasteiger partial charge in [-0.05, 0) is 35.0 Å². The molecule has 0 aliphatic carbocycles. The standard InChI is InChI=1S/C14H5Cl3/c15-8-5-6-11-12(7-8)9-3-1-2-4-10(9)13(16)14(11)17/h1,3-4,6-7H. The Kier molecular flexibility index (Phi) is 2.67. The minimum atomic E-state index is 0.529. The van der Waals surface area contributed by atoms with Crippen LogP contribution in [0.4, 0.5) is 0 Å². The molecule has 0 bridgehead atoms. The average molecular weight is 280 g/mol. The SMILES string of the molecule is Clc1[c]cc2c(Cl)c(Cl)c3c[c]ccc3c2c1. The number of benzene rings is 3. The van der Waals surface area contributed by atoms with E-state index in [1.807, 2.05) is 24.3 Å². The summed E-state index contributed by atoms with van der Waals surface area (Å²) in [6.45, 7) is 0. The molecule has 0 unspecified atom stereocenters. The quantitative estimate of drug-likeness (QED) is 0.473. The van der Waals surface area contributed by atoms with Crippen LogP contribution in [-0.4, -0.2) is 0 Å². The van der Waals surface area contributed by atoms with Crippen LogP contribution in [0.5, 0.6) is 0 Å². The van der Waals surface area contributed by atoms with Gasteiger partial charge in [0.1, 0.15) is 0 Å². The highest BCUT2D eigenvalue weighted by Gasteiger charge is 2.11. The molecule has 0 aliphatic heterocycles. The van der Waals surface area contributed by atoms with Crippen LogP contribution in [0.15, 0.2) is 30.3 Å². The van der Waals surface area contributed by atoms with E-state index in [1.165, 1.54) is 0 Å². The van der Waals surface area contributed by atoms with Crippen molar-refractivity contribution < 1.29 is 0 Å². The van der Waals surface area contributed by atoms with Crippen LogP contribution in [0.2, 0.25) is 15.1 Å². The Labute approximate surface area is 114 Å². The summed E-state index contributed by atoms with van der Waals surface area (Å²) in [4.78, 5) is 0. The van der Waals surface area contributed by atoms with E-state index in [1.54, 1.807) is 6.07 Å². The number of hydrogen-bond donors (Lipinski definition) is 0. The fourth-order valence-electron chi connectivity index (χ4n) is 1.95. The van der Waals surface area contributed by atoms with Crippen molar-refractivity contribution in [2.75, 3.05) is 0 Å². The second-order valence-corrected chi connectivity index (χ2v) is 4.87. The Bertz CT molecular complexity index is 732. The van der Waals surface area contributed by atoms with E-state index in [9.17, 15) is 0 Å². The molecule has 3 rings (SSSR count). The monoisotopic (exact) mass is 278 g/mol. The lowest BCUT2D eigenvalue weighted by atomic mass is 10.0. The van der Waals surface area contributed by atoms with Crippen molar-refractivity contribution >= 4 is 56.3 Å². The predicted octanol–water partition coefficient (Wildman–Crippen LogP) is 5.55. The molecular weight excluding hydrogens is 275 g/mol. The molecule has 3 heteroatoms. The maximum atomic E-state index is 6.25. The molecule has 0 fully saturated rings. The second kappa shape index (κ2) is 4.06. The first-order chi connectivity index (χ1) is 8.18. The van der Waals surface area contributed by atoms with Gasteiger partial charge in [-0.3, -0.25) is 0 Å². The molecule has 0 nitrogen and oxygen atoms in total. The second-order valence-electron chi connectivity index (χ2n) is 3.71. The van der Waals surface area contributed by atoms with Crippen molar-refractivity contribution in [1.82, 2.24) is 0 Å². The zero-order valence-electron chi connectivity index (χ0n) is 8.52. The summed E-state index contributed by atoms with van der Waals surface area (Å²) in [5.41, 5.74) is 0. The lowest BCUT2D eigenvalue weighted by Gasteiger charge is -2.08. The van der Waals surface area contributed by atoms with Gasteiger partial charge in [0.2, 0.25) is 0 Å². The van der Waals surface area contributed by atoms with Crippen molar-refractivity contribution in [1.29, 1.82) is 0 Å². The molecule has 0 N–H and O–H groups in total. The third kappa shape index (κ3) is 1.68. The van der Waals surface area contributed by atoms with Gasteiger partial charge >= 0.3 is 0 Å². The minimum absolute atomic E-state index is 0.529. The van der Waals surface area contributed by atoms with Gasteiger partial charge in [0, 0.05) is 21.9 Å². The summed E-state index contributed by atoms with van der Waals surface area (Å²) in [6, 6.07) is 15.2. The van der Waals surface area contributed by atoms with Crippen molar-refractivity contribution in [2.24, 2.45) is 0 Å². The van der Waals surface area contributed by atoms with Crippen molar-refractivity contribution in [3.63, 3.8) is 0 Å². The van der Waals surface area contributed by atoms with E-state index in [2.05, 4.69) is 12.1 Å². The Morgan fingerprint density at radius 2 is 1.53 bits per heavy atom. The summed E-state index contributed by atoms with van der Waals surface area (Å²) in [5, 5.41) is 5.37. The Balaban J connectivity index is 2.66. The topological polar surface area (TPSA) is 0 Å². The van der Waals surface area contributed by atoms with E-state index >= 15 is 0 Å². The van der Waals surface area contributed by atoms with E-state index in [0.29, 0.717) is 15.1 Å². The Morgan fingerprint density at radius 3 is 2.29 bits per heavy atom. The van der Waals surface area contributed by atoms with E-state index in [4.69, 9.17) is 34.8 Å². The summed E-state index contributed by atoms with van der Waals surface area (Å²) in [5.74, 6) is 0. The van der Waals surface area contributed by atoms with Crippen LogP contribution in [0, 0.1) is 12.1 Å². The summed E-state index contributed by atoms with van der Waals surface area (Å²) >= 11 is 18.5. The number of rotatable bonds is 0. The number of hydrogen-bond acceptors (Lipinski definition) is 0. The van der Waals surface area contributed by atoms with E-state index in [-0.39, 0.29) is 0 Å². The molecule has 17 heavy (non-hydrogen) atoms. The molecule has 0 saturated carbocycles. The van der Waals surface area contributed by atoms with Gasteiger partial charge in [0.15, 0.2) is 0 Å². The first-order valence-electron chi connectivity index (χ1n) is 4.96. The predicted molar refractivity (Wildman–Crippen MR) is 74.2 cm³/mol. The zero-order chi connectivity index (χ0) is 12.0. The molecule has 82 valence electrons. The Hall–Kier alpha value is -0.950. The molecule has 0 spiro atoms. The van der Waals surface area contributed by atoms with Gasteiger partial charge in [-0.2, -0.15) is 0 Å². The highest BCUT2D eigenvalue weighted by Crippen LogP contribution is 2.39. The van der Waals surface area contributed by atoms with Gasteiger partial charge in [0.25, 0.3) is 0 Å². The summed E-state index contributed by atoms with van der Waals surface area (Å²) < 4.78 is 0. The third-order valence-corrected chi connectivity index (χ3v) is 3.84. The molecule has 0 saturated heterocycles. The van der Waals surface area contributed by atoms with Crippen LogP contribution >= 0.6 is 34.8 Å². The van der Waals surface area contributed by atoms with Crippen LogP contribution in [0.3, 0.4) is 0 Å². The smallest absolute Gasteiger partial charge is 0.0677 e. The van der Waals surface area contributed by atoms with E-state index < -0.39 is 0 Å². The van der Waals surface area contributed by atoms with Gasteiger partial charge < -0.3 is 0 Å². The molecule has 0 heterocycles.